The molecule has 0 radical (unpaired) electrons. The summed E-state index contributed by atoms with van der Waals surface area (Å²) in [5.74, 6) is 0.716. The molecule has 1 atom stereocenters. The van der Waals surface area contributed by atoms with E-state index in [2.05, 4.69) is 24.3 Å². The van der Waals surface area contributed by atoms with Gasteiger partial charge in [-0.1, -0.05) is 23.9 Å². The first-order valence-corrected chi connectivity index (χ1v) is 5.78. The van der Waals surface area contributed by atoms with E-state index in [1.807, 2.05) is 13.8 Å². The Balaban J connectivity index is 2.47. The zero-order valence-corrected chi connectivity index (χ0v) is 9.51. The number of thioether (sulfide) groups is 1. The molecule has 0 heterocycles. The number of benzene rings is 1. The SMILES string of the molecule is CCOCSc1ccc(C(C)N)cc1. The van der Waals surface area contributed by atoms with E-state index in [0.29, 0.717) is 5.94 Å². The molecular weight excluding hydrogens is 194 g/mol. The lowest BCUT2D eigenvalue weighted by Gasteiger charge is -2.06. The second kappa shape index (κ2) is 6.06. The third-order valence-corrected chi connectivity index (χ3v) is 2.81. The van der Waals surface area contributed by atoms with Crippen LogP contribution in [-0.2, 0) is 4.74 Å². The monoisotopic (exact) mass is 211 g/mol. The highest BCUT2D eigenvalue weighted by atomic mass is 32.2. The summed E-state index contributed by atoms with van der Waals surface area (Å²) in [6.45, 7) is 4.76. The fourth-order valence-electron chi connectivity index (χ4n) is 1.06. The molecule has 0 aliphatic rings. The zero-order valence-electron chi connectivity index (χ0n) is 8.69. The van der Waals surface area contributed by atoms with Crippen LogP contribution in [-0.4, -0.2) is 12.5 Å². The van der Waals surface area contributed by atoms with E-state index in [9.17, 15) is 0 Å². The fraction of sp³-hybridized carbons (Fsp3) is 0.455. The van der Waals surface area contributed by atoms with Gasteiger partial charge in [0.1, 0.15) is 0 Å². The molecule has 78 valence electrons. The molecule has 1 unspecified atom stereocenters. The maximum Gasteiger partial charge on any atom is 0.0966 e. The van der Waals surface area contributed by atoms with Crippen LogP contribution in [0.1, 0.15) is 25.5 Å². The summed E-state index contributed by atoms with van der Waals surface area (Å²) in [4.78, 5) is 1.22. The Labute approximate surface area is 89.8 Å². The Morgan fingerprint density at radius 1 is 1.36 bits per heavy atom. The van der Waals surface area contributed by atoms with Crippen LogP contribution in [0.25, 0.3) is 0 Å². The standard InChI is InChI=1S/C11H17NOS/c1-3-13-8-14-11-6-4-10(5-7-11)9(2)12/h4-7,9H,3,8,12H2,1-2H3. The molecule has 0 amide bonds. The van der Waals surface area contributed by atoms with E-state index in [1.165, 1.54) is 10.5 Å². The van der Waals surface area contributed by atoms with Crippen molar-refractivity contribution in [2.45, 2.75) is 24.8 Å². The maximum absolute atomic E-state index is 5.75. The van der Waals surface area contributed by atoms with Crippen LogP contribution in [0.2, 0.25) is 0 Å². The zero-order chi connectivity index (χ0) is 10.4. The molecule has 14 heavy (non-hydrogen) atoms. The molecule has 1 aromatic carbocycles. The van der Waals surface area contributed by atoms with Crippen molar-refractivity contribution in [2.75, 3.05) is 12.5 Å². The molecule has 2 nitrogen and oxygen atoms in total. The molecule has 0 bridgehead atoms. The van der Waals surface area contributed by atoms with Gasteiger partial charge in [0, 0.05) is 17.5 Å². The predicted octanol–water partition coefficient (Wildman–Crippen LogP) is 2.79. The number of rotatable bonds is 5. The molecule has 1 aromatic rings. The molecule has 1 rings (SSSR count). The van der Waals surface area contributed by atoms with E-state index >= 15 is 0 Å². The Morgan fingerprint density at radius 3 is 2.50 bits per heavy atom. The molecule has 3 heteroatoms. The predicted molar refractivity (Wildman–Crippen MR) is 61.4 cm³/mol. The van der Waals surface area contributed by atoms with Crippen molar-refractivity contribution in [2.24, 2.45) is 5.73 Å². The van der Waals surface area contributed by atoms with Gasteiger partial charge in [-0.15, -0.1) is 0 Å². The van der Waals surface area contributed by atoms with E-state index in [4.69, 9.17) is 10.5 Å². The lowest BCUT2D eigenvalue weighted by Crippen LogP contribution is -2.04. The quantitative estimate of drug-likeness (QED) is 0.462. The van der Waals surface area contributed by atoms with Crippen LogP contribution < -0.4 is 5.73 Å². The highest BCUT2D eigenvalue weighted by Gasteiger charge is 1.98. The van der Waals surface area contributed by atoms with Gasteiger partial charge < -0.3 is 10.5 Å². The summed E-state index contributed by atoms with van der Waals surface area (Å²) in [5.41, 5.74) is 6.93. The highest BCUT2D eigenvalue weighted by molar-refractivity contribution is 7.99. The van der Waals surface area contributed by atoms with Crippen molar-refractivity contribution >= 4 is 11.8 Å². The van der Waals surface area contributed by atoms with Crippen LogP contribution in [0, 0.1) is 0 Å². The van der Waals surface area contributed by atoms with Crippen molar-refractivity contribution in [1.29, 1.82) is 0 Å². The molecule has 0 fully saturated rings. The van der Waals surface area contributed by atoms with Gasteiger partial charge in [0.05, 0.1) is 5.94 Å². The topological polar surface area (TPSA) is 35.2 Å². The summed E-state index contributed by atoms with van der Waals surface area (Å²) < 4.78 is 5.25. The first kappa shape index (κ1) is 11.6. The fourth-order valence-corrected chi connectivity index (χ4v) is 1.78. The van der Waals surface area contributed by atoms with Crippen LogP contribution >= 0.6 is 11.8 Å². The van der Waals surface area contributed by atoms with Crippen LogP contribution in [0.4, 0.5) is 0 Å². The minimum atomic E-state index is 0.112. The van der Waals surface area contributed by atoms with Crippen molar-refractivity contribution in [3.05, 3.63) is 29.8 Å². The van der Waals surface area contributed by atoms with Crippen LogP contribution in [0.3, 0.4) is 0 Å². The molecule has 0 saturated heterocycles. The second-order valence-corrected chi connectivity index (χ2v) is 4.11. The smallest absolute Gasteiger partial charge is 0.0966 e. The first-order valence-electron chi connectivity index (χ1n) is 4.80. The van der Waals surface area contributed by atoms with Crippen molar-refractivity contribution in [1.82, 2.24) is 0 Å². The summed E-state index contributed by atoms with van der Waals surface area (Å²) in [6, 6.07) is 8.42. The summed E-state index contributed by atoms with van der Waals surface area (Å²) in [6.07, 6.45) is 0. The number of hydrogen-bond donors (Lipinski definition) is 1. The minimum absolute atomic E-state index is 0.112. The van der Waals surface area contributed by atoms with Gasteiger partial charge in [0.2, 0.25) is 0 Å². The average molecular weight is 211 g/mol. The van der Waals surface area contributed by atoms with Gasteiger partial charge in [-0.2, -0.15) is 0 Å². The molecule has 0 aliphatic carbocycles. The van der Waals surface area contributed by atoms with Gasteiger partial charge in [0.25, 0.3) is 0 Å². The molecule has 0 spiro atoms. The highest BCUT2D eigenvalue weighted by Crippen LogP contribution is 2.20. The number of hydrogen-bond acceptors (Lipinski definition) is 3. The third kappa shape index (κ3) is 3.70. The normalized spacial score (nSPS) is 12.8. The largest absolute Gasteiger partial charge is 0.371 e. The summed E-state index contributed by atoms with van der Waals surface area (Å²) in [5, 5.41) is 0. The van der Waals surface area contributed by atoms with E-state index < -0.39 is 0 Å². The summed E-state index contributed by atoms with van der Waals surface area (Å²) >= 11 is 1.70. The Morgan fingerprint density at radius 2 is 2.00 bits per heavy atom. The van der Waals surface area contributed by atoms with Crippen molar-refractivity contribution in [3.63, 3.8) is 0 Å². The molecule has 0 aromatic heterocycles. The average Bonchev–Trinajstić information content (AvgIpc) is 2.19. The second-order valence-electron chi connectivity index (χ2n) is 3.11. The van der Waals surface area contributed by atoms with Gasteiger partial charge in [-0.05, 0) is 31.5 Å². The van der Waals surface area contributed by atoms with Gasteiger partial charge in [-0.25, -0.2) is 0 Å². The van der Waals surface area contributed by atoms with Gasteiger partial charge in [-0.3, -0.25) is 0 Å². The minimum Gasteiger partial charge on any atom is -0.371 e. The Bertz CT molecular complexity index is 258. The third-order valence-electron chi connectivity index (χ3n) is 1.92. The van der Waals surface area contributed by atoms with E-state index in [0.717, 1.165) is 6.61 Å². The first-order chi connectivity index (χ1) is 6.74. The van der Waals surface area contributed by atoms with Crippen LogP contribution in [0.5, 0.6) is 0 Å². The number of nitrogens with two attached hydrogens (primary N) is 1. The van der Waals surface area contributed by atoms with E-state index in [1.54, 1.807) is 11.8 Å². The lowest BCUT2D eigenvalue weighted by molar-refractivity contribution is 0.199. The molecule has 0 aliphatic heterocycles. The van der Waals surface area contributed by atoms with Crippen molar-refractivity contribution in [3.8, 4) is 0 Å². The molecule has 2 N–H and O–H groups in total. The summed E-state index contributed by atoms with van der Waals surface area (Å²) in [7, 11) is 0. The Hall–Kier alpha value is -0.510. The maximum atomic E-state index is 5.75. The molecule has 0 saturated carbocycles. The van der Waals surface area contributed by atoms with Gasteiger partial charge in [0.15, 0.2) is 0 Å². The van der Waals surface area contributed by atoms with E-state index in [-0.39, 0.29) is 6.04 Å². The van der Waals surface area contributed by atoms with Gasteiger partial charge >= 0.3 is 0 Å². The number of ether oxygens (including phenoxy) is 1. The lowest BCUT2D eigenvalue weighted by atomic mass is 10.1. The Kier molecular flexibility index (Phi) is 5.01. The molecular formula is C11H17NOS. The van der Waals surface area contributed by atoms with Crippen molar-refractivity contribution < 1.29 is 4.74 Å². The van der Waals surface area contributed by atoms with Crippen LogP contribution in [0.15, 0.2) is 29.2 Å².